The lowest BCUT2D eigenvalue weighted by molar-refractivity contribution is -0.120. The highest BCUT2D eigenvalue weighted by atomic mass is 79.9. The normalized spacial score (nSPS) is 16.2. The molecule has 2 heterocycles. The van der Waals surface area contributed by atoms with Crippen molar-refractivity contribution in [3.05, 3.63) is 22.8 Å². The first-order valence-corrected chi connectivity index (χ1v) is 6.19. The van der Waals surface area contributed by atoms with Crippen LogP contribution < -0.4 is 10.2 Å². The Morgan fingerprint density at radius 2 is 2.17 bits per heavy atom. The number of rotatable bonds is 1. The van der Waals surface area contributed by atoms with E-state index in [-0.39, 0.29) is 11.9 Å². The van der Waals surface area contributed by atoms with Crippen LogP contribution in [0.2, 0.25) is 0 Å². The molecule has 3 rings (SSSR count). The average Bonchev–Trinajstić information content (AvgIpc) is 2.71. The standard InChI is InChI=1S/C11H9BrN4O2/c12-10-7-5-6(1-2-8(7)14-15-10)16-4-3-9(17)13-11(16)18/h1-2,5H,3-4H2,(H,14,15)(H,13,17,18). The van der Waals surface area contributed by atoms with E-state index in [0.717, 1.165) is 21.2 Å². The Hall–Kier alpha value is -1.89. The van der Waals surface area contributed by atoms with Crippen molar-refractivity contribution in [3.63, 3.8) is 0 Å². The summed E-state index contributed by atoms with van der Waals surface area (Å²) in [7, 11) is 0. The minimum atomic E-state index is -0.384. The third-order valence-electron chi connectivity index (χ3n) is 2.86. The predicted molar refractivity (Wildman–Crippen MR) is 69.3 cm³/mol. The third-order valence-corrected chi connectivity index (χ3v) is 3.46. The number of H-pyrrole nitrogens is 1. The van der Waals surface area contributed by atoms with Gasteiger partial charge in [-0.25, -0.2) is 4.79 Å². The van der Waals surface area contributed by atoms with Gasteiger partial charge >= 0.3 is 6.03 Å². The van der Waals surface area contributed by atoms with Crippen molar-refractivity contribution in [1.82, 2.24) is 15.5 Å². The number of anilines is 1. The van der Waals surface area contributed by atoms with Crippen LogP contribution in [-0.2, 0) is 4.79 Å². The number of benzene rings is 1. The molecule has 1 aliphatic rings. The van der Waals surface area contributed by atoms with Crippen LogP contribution in [0, 0.1) is 0 Å². The van der Waals surface area contributed by atoms with Crippen LogP contribution in [0.25, 0.3) is 10.9 Å². The summed E-state index contributed by atoms with van der Waals surface area (Å²) in [5.74, 6) is -0.234. The van der Waals surface area contributed by atoms with Crippen molar-refractivity contribution in [3.8, 4) is 0 Å². The average molecular weight is 309 g/mol. The second kappa shape index (κ2) is 4.09. The van der Waals surface area contributed by atoms with Crippen molar-refractivity contribution >= 4 is 44.5 Å². The molecule has 2 N–H and O–H groups in total. The van der Waals surface area contributed by atoms with Crippen molar-refractivity contribution in [1.29, 1.82) is 0 Å². The molecule has 0 unspecified atom stereocenters. The number of aromatic amines is 1. The summed E-state index contributed by atoms with van der Waals surface area (Å²) in [4.78, 5) is 24.4. The maximum absolute atomic E-state index is 11.7. The number of imide groups is 1. The molecular weight excluding hydrogens is 300 g/mol. The Morgan fingerprint density at radius 3 is 2.94 bits per heavy atom. The molecule has 1 fully saturated rings. The summed E-state index contributed by atoms with van der Waals surface area (Å²) < 4.78 is 0.771. The van der Waals surface area contributed by atoms with Crippen LogP contribution >= 0.6 is 15.9 Å². The van der Waals surface area contributed by atoms with Gasteiger partial charge in [0.05, 0.1) is 5.52 Å². The largest absolute Gasteiger partial charge is 0.328 e. The number of carbonyl (C=O) groups excluding carboxylic acids is 2. The van der Waals surface area contributed by atoms with E-state index in [1.165, 1.54) is 0 Å². The first-order valence-electron chi connectivity index (χ1n) is 5.40. The molecule has 92 valence electrons. The number of aromatic nitrogens is 2. The lowest BCUT2D eigenvalue weighted by atomic mass is 10.2. The Morgan fingerprint density at radius 1 is 1.33 bits per heavy atom. The van der Waals surface area contributed by atoms with Crippen molar-refractivity contribution in [2.45, 2.75) is 6.42 Å². The summed E-state index contributed by atoms with van der Waals surface area (Å²) >= 11 is 3.36. The van der Waals surface area contributed by atoms with E-state index in [9.17, 15) is 9.59 Å². The molecular formula is C11H9BrN4O2. The highest BCUT2D eigenvalue weighted by molar-refractivity contribution is 9.10. The number of carbonyl (C=O) groups is 2. The number of halogens is 1. The van der Waals surface area contributed by atoms with E-state index in [1.807, 2.05) is 18.2 Å². The van der Waals surface area contributed by atoms with E-state index in [1.54, 1.807) is 4.90 Å². The predicted octanol–water partition coefficient (Wildman–Crippen LogP) is 1.77. The molecule has 1 aliphatic heterocycles. The highest BCUT2D eigenvalue weighted by Crippen LogP contribution is 2.26. The fraction of sp³-hybridized carbons (Fsp3) is 0.182. The van der Waals surface area contributed by atoms with E-state index in [0.29, 0.717) is 13.0 Å². The van der Waals surface area contributed by atoms with Gasteiger partial charge < -0.3 is 0 Å². The smallest absolute Gasteiger partial charge is 0.294 e. The Labute approximate surface area is 110 Å². The molecule has 18 heavy (non-hydrogen) atoms. The monoisotopic (exact) mass is 308 g/mol. The first-order chi connectivity index (χ1) is 8.65. The molecule has 0 atom stereocenters. The molecule has 1 aromatic heterocycles. The summed E-state index contributed by atoms with van der Waals surface area (Å²) in [6.45, 7) is 0.394. The maximum atomic E-state index is 11.7. The molecule has 1 saturated heterocycles. The molecule has 0 bridgehead atoms. The number of nitrogens with zero attached hydrogens (tertiary/aromatic N) is 2. The van der Waals surface area contributed by atoms with E-state index in [4.69, 9.17) is 0 Å². The van der Waals surface area contributed by atoms with Gasteiger partial charge in [-0.05, 0) is 34.1 Å². The van der Waals surface area contributed by atoms with Crippen LogP contribution in [0.5, 0.6) is 0 Å². The number of urea groups is 1. The molecule has 3 amide bonds. The van der Waals surface area contributed by atoms with E-state index in [2.05, 4.69) is 31.4 Å². The zero-order valence-corrected chi connectivity index (χ0v) is 10.8. The van der Waals surface area contributed by atoms with Crippen LogP contribution in [-0.4, -0.2) is 28.7 Å². The molecule has 1 aromatic carbocycles. The van der Waals surface area contributed by atoms with Gasteiger partial charge in [0.1, 0.15) is 4.60 Å². The molecule has 6 nitrogen and oxygen atoms in total. The van der Waals surface area contributed by atoms with Crippen LogP contribution in [0.3, 0.4) is 0 Å². The summed E-state index contributed by atoms with van der Waals surface area (Å²) in [5.41, 5.74) is 1.56. The van der Waals surface area contributed by atoms with Crippen molar-refractivity contribution < 1.29 is 9.59 Å². The maximum Gasteiger partial charge on any atom is 0.328 e. The topological polar surface area (TPSA) is 78.1 Å². The minimum absolute atomic E-state index is 0.234. The zero-order chi connectivity index (χ0) is 12.7. The molecule has 0 saturated carbocycles. The Bertz CT molecular complexity index is 652. The van der Waals surface area contributed by atoms with Gasteiger partial charge in [0.2, 0.25) is 5.91 Å². The second-order valence-corrected chi connectivity index (χ2v) is 4.79. The number of nitrogens with one attached hydrogen (secondary N) is 2. The van der Waals surface area contributed by atoms with Crippen molar-refractivity contribution in [2.24, 2.45) is 0 Å². The number of fused-ring (bicyclic) bond motifs is 1. The van der Waals surface area contributed by atoms with Gasteiger partial charge in [0, 0.05) is 24.0 Å². The van der Waals surface area contributed by atoms with Gasteiger partial charge in [-0.3, -0.25) is 20.1 Å². The van der Waals surface area contributed by atoms with Gasteiger partial charge in [0.15, 0.2) is 0 Å². The number of hydrogen-bond donors (Lipinski definition) is 2. The van der Waals surface area contributed by atoms with Gasteiger partial charge in [-0.2, -0.15) is 5.10 Å². The van der Waals surface area contributed by atoms with E-state index >= 15 is 0 Å². The summed E-state index contributed by atoms with van der Waals surface area (Å²) in [6, 6.07) is 5.11. The third kappa shape index (κ3) is 1.76. The molecule has 0 radical (unpaired) electrons. The fourth-order valence-electron chi connectivity index (χ4n) is 1.95. The Balaban J connectivity index is 2.01. The van der Waals surface area contributed by atoms with E-state index < -0.39 is 0 Å². The molecule has 2 aromatic rings. The summed E-state index contributed by atoms with van der Waals surface area (Å²) in [5, 5.41) is 10.1. The highest BCUT2D eigenvalue weighted by Gasteiger charge is 2.24. The van der Waals surface area contributed by atoms with Gasteiger partial charge in [-0.15, -0.1) is 0 Å². The molecule has 0 aliphatic carbocycles. The SMILES string of the molecule is O=C1CCN(c2ccc3n[nH]c(Br)c3c2)C(=O)N1. The molecule has 7 heteroatoms. The van der Waals surface area contributed by atoms with Crippen LogP contribution in [0.4, 0.5) is 10.5 Å². The van der Waals surface area contributed by atoms with Crippen LogP contribution in [0.15, 0.2) is 22.8 Å². The number of hydrogen-bond acceptors (Lipinski definition) is 3. The van der Waals surface area contributed by atoms with Gasteiger partial charge in [-0.1, -0.05) is 0 Å². The first kappa shape index (κ1) is 11.2. The lowest BCUT2D eigenvalue weighted by Gasteiger charge is -2.26. The summed E-state index contributed by atoms with van der Waals surface area (Å²) in [6.07, 6.45) is 0.316. The van der Waals surface area contributed by atoms with Crippen molar-refractivity contribution in [2.75, 3.05) is 11.4 Å². The van der Waals surface area contributed by atoms with Crippen LogP contribution in [0.1, 0.15) is 6.42 Å². The minimum Gasteiger partial charge on any atom is -0.294 e. The quantitative estimate of drug-likeness (QED) is 0.843. The lowest BCUT2D eigenvalue weighted by Crippen LogP contribution is -2.49. The molecule has 0 spiro atoms. The van der Waals surface area contributed by atoms with Gasteiger partial charge in [0.25, 0.3) is 0 Å². The fourth-order valence-corrected chi connectivity index (χ4v) is 2.35. The second-order valence-electron chi connectivity index (χ2n) is 3.99. The number of amides is 3. The Kier molecular flexibility index (Phi) is 2.55. The zero-order valence-electron chi connectivity index (χ0n) is 9.24.